The van der Waals surface area contributed by atoms with Crippen molar-refractivity contribution in [1.82, 2.24) is 9.97 Å². The molecule has 2 heterocycles. The molecule has 2 N–H and O–H groups in total. The molecule has 3 rings (SSSR count). The summed E-state index contributed by atoms with van der Waals surface area (Å²) in [6.07, 6.45) is 0. The number of methoxy groups -OCH3 is 1. The highest BCUT2D eigenvalue weighted by Gasteiger charge is 2.23. The van der Waals surface area contributed by atoms with Gasteiger partial charge in [0.2, 0.25) is 0 Å². The lowest BCUT2D eigenvalue weighted by molar-refractivity contribution is 0.0599. The first-order valence-corrected chi connectivity index (χ1v) is 9.31. The van der Waals surface area contributed by atoms with Crippen LogP contribution in [0.25, 0.3) is 11.3 Å². The van der Waals surface area contributed by atoms with Crippen molar-refractivity contribution < 1.29 is 14.3 Å². The quantitative estimate of drug-likeness (QED) is 0.654. The van der Waals surface area contributed by atoms with Crippen LogP contribution in [0.3, 0.4) is 0 Å². The van der Waals surface area contributed by atoms with E-state index in [1.807, 2.05) is 11.4 Å². The number of aromatic nitrogens is 2. The van der Waals surface area contributed by atoms with Crippen molar-refractivity contribution in [3.8, 4) is 11.3 Å². The predicted octanol–water partition coefficient (Wildman–Crippen LogP) is 4.41. The van der Waals surface area contributed by atoms with Gasteiger partial charge in [0.05, 0.1) is 18.4 Å². The number of thiazole rings is 1. The van der Waals surface area contributed by atoms with Crippen LogP contribution in [-0.2, 0) is 4.74 Å². The van der Waals surface area contributed by atoms with Crippen molar-refractivity contribution in [3.63, 3.8) is 0 Å². The van der Waals surface area contributed by atoms with Gasteiger partial charge >= 0.3 is 5.97 Å². The Labute approximate surface area is 161 Å². The number of anilines is 1. The Kier molecular flexibility index (Phi) is 5.14. The molecule has 3 aromatic rings. The minimum absolute atomic E-state index is 0.329. The fourth-order valence-corrected chi connectivity index (χ4v) is 3.62. The zero-order valence-corrected chi connectivity index (χ0v) is 16.7. The number of benzene rings is 1. The van der Waals surface area contributed by atoms with Crippen molar-refractivity contribution in [2.75, 3.05) is 12.4 Å². The molecule has 1 amide bonds. The van der Waals surface area contributed by atoms with Gasteiger partial charge in [0.15, 0.2) is 5.13 Å². The molecule has 0 aliphatic rings. The van der Waals surface area contributed by atoms with E-state index < -0.39 is 5.97 Å². The Hall–Kier alpha value is -2.93. The van der Waals surface area contributed by atoms with Crippen LogP contribution in [-0.4, -0.2) is 29.0 Å². The molecule has 0 aliphatic carbocycles. The molecule has 0 unspecified atom stereocenters. The van der Waals surface area contributed by atoms with Crippen LogP contribution < -0.4 is 5.32 Å². The van der Waals surface area contributed by atoms with Gasteiger partial charge in [-0.3, -0.25) is 10.1 Å². The summed E-state index contributed by atoms with van der Waals surface area (Å²) in [4.78, 5) is 32.0. The van der Waals surface area contributed by atoms with Gasteiger partial charge in [0, 0.05) is 16.6 Å². The second-order valence-electron chi connectivity index (χ2n) is 6.41. The summed E-state index contributed by atoms with van der Waals surface area (Å²) in [6, 6.07) is 6.16. The summed E-state index contributed by atoms with van der Waals surface area (Å²) in [5.74, 6) is -0.807. The number of H-pyrrole nitrogens is 1. The van der Waals surface area contributed by atoms with Gasteiger partial charge < -0.3 is 9.72 Å². The number of ether oxygens (including phenoxy) is 1. The first-order chi connectivity index (χ1) is 12.8. The number of hydrogen-bond acceptors (Lipinski definition) is 5. The number of nitrogens with one attached hydrogen (secondary N) is 2. The molecule has 0 spiro atoms. The van der Waals surface area contributed by atoms with Gasteiger partial charge in [-0.25, -0.2) is 9.78 Å². The third-order valence-electron chi connectivity index (χ3n) is 4.58. The van der Waals surface area contributed by atoms with Crippen LogP contribution in [0.1, 0.15) is 43.2 Å². The lowest BCUT2D eigenvalue weighted by atomic mass is 10.1. The minimum atomic E-state index is -0.466. The molecule has 2 aromatic heterocycles. The maximum Gasteiger partial charge on any atom is 0.339 e. The fraction of sp³-hybridized carbons (Fsp3) is 0.250. The van der Waals surface area contributed by atoms with Crippen LogP contribution >= 0.6 is 11.3 Å². The van der Waals surface area contributed by atoms with Gasteiger partial charge in [0.1, 0.15) is 5.69 Å². The Morgan fingerprint density at radius 2 is 1.89 bits per heavy atom. The molecule has 1 aromatic carbocycles. The topological polar surface area (TPSA) is 84.1 Å². The number of aryl methyl sites for hydroxylation is 3. The first kappa shape index (κ1) is 18.8. The number of nitrogens with zero attached hydrogens (tertiary/aromatic N) is 1. The van der Waals surface area contributed by atoms with Gasteiger partial charge in [-0.15, -0.1) is 11.3 Å². The summed E-state index contributed by atoms with van der Waals surface area (Å²) >= 11 is 1.36. The van der Waals surface area contributed by atoms with Crippen molar-refractivity contribution in [1.29, 1.82) is 0 Å². The Bertz CT molecular complexity index is 1030. The van der Waals surface area contributed by atoms with E-state index >= 15 is 0 Å². The average Bonchev–Trinajstić information content (AvgIpc) is 3.21. The average molecular weight is 383 g/mol. The predicted molar refractivity (Wildman–Crippen MR) is 107 cm³/mol. The number of carbonyl (C=O) groups excluding carboxylic acids is 2. The highest BCUT2D eigenvalue weighted by Crippen LogP contribution is 2.27. The summed E-state index contributed by atoms with van der Waals surface area (Å²) in [5.41, 5.74) is 6.11. The van der Waals surface area contributed by atoms with E-state index in [-0.39, 0.29) is 5.91 Å². The van der Waals surface area contributed by atoms with E-state index in [0.29, 0.717) is 27.6 Å². The van der Waals surface area contributed by atoms with E-state index in [2.05, 4.69) is 41.3 Å². The van der Waals surface area contributed by atoms with E-state index in [9.17, 15) is 9.59 Å². The summed E-state index contributed by atoms with van der Waals surface area (Å²) in [7, 11) is 1.32. The molecular weight excluding hydrogens is 362 g/mol. The van der Waals surface area contributed by atoms with E-state index in [1.54, 1.807) is 13.8 Å². The Morgan fingerprint density at radius 1 is 1.15 bits per heavy atom. The fourth-order valence-electron chi connectivity index (χ4n) is 2.91. The molecule has 7 heteroatoms. The van der Waals surface area contributed by atoms with Crippen LogP contribution in [0, 0.1) is 27.7 Å². The van der Waals surface area contributed by atoms with Crippen molar-refractivity contribution in [2.24, 2.45) is 0 Å². The van der Waals surface area contributed by atoms with Crippen LogP contribution in [0.5, 0.6) is 0 Å². The number of hydrogen-bond donors (Lipinski definition) is 2. The number of rotatable bonds is 4. The third kappa shape index (κ3) is 3.64. The van der Waals surface area contributed by atoms with Crippen LogP contribution in [0.2, 0.25) is 0 Å². The molecule has 0 aliphatic heterocycles. The monoisotopic (exact) mass is 383 g/mol. The SMILES string of the molecule is COC(=O)c1c(C)[nH]c(C(=O)Nc2nc(-c3ccc(C)c(C)c3)cs2)c1C. The first-order valence-electron chi connectivity index (χ1n) is 8.43. The molecule has 0 fully saturated rings. The molecule has 0 bridgehead atoms. The molecule has 0 saturated heterocycles. The molecule has 0 saturated carbocycles. The zero-order valence-electron chi connectivity index (χ0n) is 15.9. The largest absolute Gasteiger partial charge is 0.465 e. The van der Waals surface area contributed by atoms with Gasteiger partial charge in [-0.05, 0) is 50.5 Å². The summed E-state index contributed by atoms with van der Waals surface area (Å²) in [5, 5.41) is 5.21. The lowest BCUT2D eigenvalue weighted by Gasteiger charge is -2.03. The molecule has 0 atom stereocenters. The summed E-state index contributed by atoms with van der Waals surface area (Å²) < 4.78 is 4.78. The number of aromatic amines is 1. The molecule has 6 nitrogen and oxygen atoms in total. The smallest absolute Gasteiger partial charge is 0.339 e. The van der Waals surface area contributed by atoms with Crippen LogP contribution in [0.15, 0.2) is 23.6 Å². The normalized spacial score (nSPS) is 10.7. The molecule has 140 valence electrons. The zero-order chi connectivity index (χ0) is 19.7. The van der Waals surface area contributed by atoms with Gasteiger partial charge in [-0.1, -0.05) is 12.1 Å². The van der Waals surface area contributed by atoms with Crippen molar-refractivity contribution >= 4 is 28.3 Å². The maximum atomic E-state index is 12.6. The standard InChI is InChI=1S/C20H21N3O3S/c1-10-6-7-14(8-11(10)2)15-9-27-20(22-15)23-18(24)17-12(3)16(13(4)21-17)19(25)26-5/h6-9,21H,1-5H3,(H,22,23,24). The summed E-state index contributed by atoms with van der Waals surface area (Å²) in [6.45, 7) is 7.57. The second-order valence-corrected chi connectivity index (χ2v) is 7.27. The van der Waals surface area contributed by atoms with E-state index in [4.69, 9.17) is 4.74 Å². The maximum absolute atomic E-state index is 12.6. The van der Waals surface area contributed by atoms with E-state index in [0.717, 1.165) is 11.3 Å². The number of amides is 1. The highest BCUT2D eigenvalue weighted by atomic mass is 32.1. The number of carbonyl (C=O) groups is 2. The molecular formula is C20H21N3O3S. The van der Waals surface area contributed by atoms with Crippen LogP contribution in [0.4, 0.5) is 5.13 Å². The Balaban J connectivity index is 1.82. The van der Waals surface area contributed by atoms with Gasteiger partial charge in [0.25, 0.3) is 5.91 Å². The third-order valence-corrected chi connectivity index (χ3v) is 5.34. The van der Waals surface area contributed by atoms with E-state index in [1.165, 1.54) is 29.6 Å². The minimum Gasteiger partial charge on any atom is -0.465 e. The lowest BCUT2D eigenvalue weighted by Crippen LogP contribution is -2.14. The highest BCUT2D eigenvalue weighted by molar-refractivity contribution is 7.14. The molecule has 0 radical (unpaired) electrons. The Morgan fingerprint density at radius 3 is 2.56 bits per heavy atom. The van der Waals surface area contributed by atoms with Gasteiger partial charge in [-0.2, -0.15) is 0 Å². The second kappa shape index (κ2) is 7.36. The molecule has 27 heavy (non-hydrogen) atoms. The number of esters is 1. The van der Waals surface area contributed by atoms with Crippen molar-refractivity contribution in [2.45, 2.75) is 27.7 Å². The van der Waals surface area contributed by atoms with Crippen molar-refractivity contribution in [3.05, 3.63) is 57.2 Å².